The van der Waals surface area contributed by atoms with Gasteiger partial charge in [0.15, 0.2) is 0 Å². The number of nitrogens with two attached hydrogens (primary N) is 1. The molecule has 0 aromatic heterocycles. The number of hydrogen-bond acceptors (Lipinski definition) is 2. The fraction of sp³-hybridized carbons (Fsp3) is 0.600. The third kappa shape index (κ3) is 3.01. The molecule has 0 radical (unpaired) electrons. The van der Waals surface area contributed by atoms with Gasteiger partial charge in [-0.3, -0.25) is 4.90 Å². The maximum Gasteiger partial charge on any atom is 0.0314 e. The van der Waals surface area contributed by atoms with E-state index in [4.69, 9.17) is 5.73 Å². The van der Waals surface area contributed by atoms with E-state index in [9.17, 15) is 0 Å². The number of anilines is 1. The van der Waals surface area contributed by atoms with E-state index in [0.29, 0.717) is 5.92 Å². The molecule has 2 heteroatoms. The lowest BCUT2D eigenvalue weighted by atomic mass is 9.88. The zero-order valence-corrected chi connectivity index (χ0v) is 11.2. The summed E-state index contributed by atoms with van der Waals surface area (Å²) in [5.74, 6) is 0.670. The molecule has 17 heavy (non-hydrogen) atoms. The quantitative estimate of drug-likeness (QED) is 0.753. The Hall–Kier alpha value is -1.02. The van der Waals surface area contributed by atoms with Crippen LogP contribution in [0.3, 0.4) is 0 Å². The molecule has 1 aromatic carbocycles. The van der Waals surface area contributed by atoms with Crippen LogP contribution in [0.4, 0.5) is 5.69 Å². The van der Waals surface area contributed by atoms with Crippen molar-refractivity contribution in [3.8, 4) is 0 Å². The largest absolute Gasteiger partial charge is 0.399 e. The first-order valence-corrected chi connectivity index (χ1v) is 6.57. The molecule has 2 nitrogen and oxygen atoms in total. The highest BCUT2D eigenvalue weighted by atomic mass is 15.2. The van der Waals surface area contributed by atoms with E-state index in [1.807, 2.05) is 12.1 Å². The Bertz CT molecular complexity index is 362. The van der Waals surface area contributed by atoms with Crippen molar-refractivity contribution in [2.75, 3.05) is 18.8 Å². The van der Waals surface area contributed by atoms with Crippen molar-refractivity contribution < 1.29 is 0 Å². The Balaban J connectivity index is 2.09. The van der Waals surface area contributed by atoms with Crippen molar-refractivity contribution in [3.63, 3.8) is 0 Å². The van der Waals surface area contributed by atoms with Crippen molar-refractivity contribution in [1.29, 1.82) is 0 Å². The first kappa shape index (κ1) is 12.4. The molecule has 0 aliphatic carbocycles. The topological polar surface area (TPSA) is 29.3 Å². The Morgan fingerprint density at radius 2 is 1.82 bits per heavy atom. The zero-order valence-electron chi connectivity index (χ0n) is 11.2. The first-order chi connectivity index (χ1) is 7.97. The predicted octanol–water partition coefficient (Wildman–Crippen LogP) is 3.25. The maximum absolute atomic E-state index is 5.74. The molecule has 0 spiro atoms. The molecular formula is C15H24N2. The molecule has 2 N–H and O–H groups in total. The van der Waals surface area contributed by atoms with Gasteiger partial charge in [0.05, 0.1) is 0 Å². The van der Waals surface area contributed by atoms with Gasteiger partial charge in [0.25, 0.3) is 0 Å². The Kier molecular flexibility index (Phi) is 3.43. The van der Waals surface area contributed by atoms with Gasteiger partial charge in [-0.05, 0) is 63.8 Å². The molecule has 0 amide bonds. The molecule has 2 rings (SSSR count). The predicted molar refractivity (Wildman–Crippen MR) is 74.2 cm³/mol. The molecule has 1 saturated heterocycles. The van der Waals surface area contributed by atoms with Gasteiger partial charge in [-0.25, -0.2) is 0 Å². The van der Waals surface area contributed by atoms with Gasteiger partial charge in [-0.15, -0.1) is 0 Å². The van der Waals surface area contributed by atoms with Gasteiger partial charge >= 0.3 is 0 Å². The minimum atomic E-state index is 0.284. The van der Waals surface area contributed by atoms with Gasteiger partial charge in [0, 0.05) is 17.8 Å². The van der Waals surface area contributed by atoms with E-state index in [1.165, 1.54) is 31.5 Å². The van der Waals surface area contributed by atoms with Crippen molar-refractivity contribution in [1.82, 2.24) is 4.90 Å². The van der Waals surface area contributed by atoms with Crippen LogP contribution in [0.2, 0.25) is 0 Å². The summed E-state index contributed by atoms with van der Waals surface area (Å²) in [5.41, 5.74) is 8.32. The van der Waals surface area contributed by atoms with E-state index in [0.717, 1.165) is 5.69 Å². The van der Waals surface area contributed by atoms with Crippen LogP contribution in [0.5, 0.6) is 0 Å². The molecule has 0 bridgehead atoms. The third-order valence-electron chi connectivity index (χ3n) is 3.78. The molecule has 1 unspecified atom stereocenters. The van der Waals surface area contributed by atoms with Crippen molar-refractivity contribution in [2.45, 2.75) is 45.1 Å². The van der Waals surface area contributed by atoms with E-state index < -0.39 is 0 Å². The van der Waals surface area contributed by atoms with Crippen LogP contribution in [-0.4, -0.2) is 23.5 Å². The molecular weight excluding hydrogens is 208 g/mol. The summed E-state index contributed by atoms with van der Waals surface area (Å²) in [6.45, 7) is 9.32. The lowest BCUT2D eigenvalue weighted by Crippen LogP contribution is -2.46. The number of hydrogen-bond donors (Lipinski definition) is 1. The Labute approximate surface area is 105 Å². The summed E-state index contributed by atoms with van der Waals surface area (Å²) in [6.07, 6.45) is 2.60. The smallest absolute Gasteiger partial charge is 0.0314 e. The Morgan fingerprint density at radius 3 is 2.41 bits per heavy atom. The summed E-state index contributed by atoms with van der Waals surface area (Å²) in [5, 5.41) is 0. The lowest BCUT2D eigenvalue weighted by molar-refractivity contribution is 0.0986. The van der Waals surface area contributed by atoms with Gasteiger partial charge < -0.3 is 5.73 Å². The summed E-state index contributed by atoms with van der Waals surface area (Å²) >= 11 is 0. The SMILES string of the molecule is CC(C)(C)N1CCCC(c2ccc(N)cc2)C1. The lowest BCUT2D eigenvalue weighted by Gasteiger charge is -2.41. The van der Waals surface area contributed by atoms with Crippen LogP contribution in [0.25, 0.3) is 0 Å². The average molecular weight is 232 g/mol. The van der Waals surface area contributed by atoms with Crippen LogP contribution in [-0.2, 0) is 0 Å². The molecule has 1 fully saturated rings. The maximum atomic E-state index is 5.74. The molecule has 0 saturated carbocycles. The highest BCUT2D eigenvalue weighted by Gasteiger charge is 2.28. The van der Waals surface area contributed by atoms with Gasteiger partial charge in [-0.1, -0.05) is 12.1 Å². The minimum absolute atomic E-state index is 0.284. The van der Waals surface area contributed by atoms with Crippen molar-refractivity contribution >= 4 is 5.69 Å². The monoisotopic (exact) mass is 232 g/mol. The highest BCUT2D eigenvalue weighted by molar-refractivity contribution is 5.40. The molecule has 1 aliphatic heterocycles. The van der Waals surface area contributed by atoms with Gasteiger partial charge in [0.2, 0.25) is 0 Å². The summed E-state index contributed by atoms with van der Waals surface area (Å²) in [6, 6.07) is 8.41. The average Bonchev–Trinajstić information content (AvgIpc) is 2.29. The van der Waals surface area contributed by atoms with Crippen molar-refractivity contribution in [3.05, 3.63) is 29.8 Å². The normalized spacial score (nSPS) is 22.6. The zero-order chi connectivity index (χ0) is 12.5. The summed E-state index contributed by atoms with van der Waals surface area (Å²) in [4.78, 5) is 2.59. The minimum Gasteiger partial charge on any atom is -0.399 e. The van der Waals surface area contributed by atoms with E-state index in [1.54, 1.807) is 0 Å². The third-order valence-corrected chi connectivity index (χ3v) is 3.78. The first-order valence-electron chi connectivity index (χ1n) is 6.57. The van der Waals surface area contributed by atoms with Gasteiger partial charge in [-0.2, -0.15) is 0 Å². The second kappa shape index (κ2) is 4.69. The van der Waals surface area contributed by atoms with Gasteiger partial charge in [0.1, 0.15) is 0 Å². The van der Waals surface area contributed by atoms with Crippen LogP contribution in [0, 0.1) is 0 Å². The van der Waals surface area contributed by atoms with Crippen LogP contribution < -0.4 is 5.73 Å². The highest BCUT2D eigenvalue weighted by Crippen LogP contribution is 2.30. The number of likely N-dealkylation sites (tertiary alicyclic amines) is 1. The summed E-state index contributed by atoms with van der Waals surface area (Å²) in [7, 11) is 0. The number of rotatable bonds is 1. The van der Waals surface area contributed by atoms with Crippen LogP contribution in [0.1, 0.15) is 45.1 Å². The second-order valence-corrected chi connectivity index (χ2v) is 6.12. The number of nitrogen functional groups attached to an aromatic ring is 1. The summed E-state index contributed by atoms with van der Waals surface area (Å²) < 4.78 is 0. The van der Waals surface area contributed by atoms with E-state index >= 15 is 0 Å². The number of benzene rings is 1. The molecule has 1 aromatic rings. The van der Waals surface area contributed by atoms with E-state index in [-0.39, 0.29) is 5.54 Å². The number of nitrogens with zero attached hydrogens (tertiary/aromatic N) is 1. The van der Waals surface area contributed by atoms with Crippen LogP contribution in [0.15, 0.2) is 24.3 Å². The number of piperidine rings is 1. The molecule has 1 heterocycles. The van der Waals surface area contributed by atoms with Crippen molar-refractivity contribution in [2.24, 2.45) is 0 Å². The van der Waals surface area contributed by atoms with E-state index in [2.05, 4.69) is 37.8 Å². The van der Waals surface area contributed by atoms with Crippen LogP contribution >= 0.6 is 0 Å². The molecule has 1 atom stereocenters. The molecule has 94 valence electrons. The second-order valence-electron chi connectivity index (χ2n) is 6.12. The standard InChI is InChI=1S/C15H24N2/c1-15(2,3)17-10-4-5-13(11-17)12-6-8-14(16)9-7-12/h6-9,13H,4-5,10-11,16H2,1-3H3. The fourth-order valence-corrected chi connectivity index (χ4v) is 2.63. The Morgan fingerprint density at radius 1 is 1.18 bits per heavy atom. The molecule has 1 aliphatic rings. The fourth-order valence-electron chi connectivity index (χ4n) is 2.63.